The minimum Gasteiger partial charge on any atom is -0.462 e. The molecule has 0 fully saturated rings. The molecule has 140 valence electrons. The Hall–Kier alpha value is -2.47. The topological polar surface area (TPSA) is 61.2 Å². The van der Waals surface area contributed by atoms with E-state index in [1.165, 1.54) is 10.4 Å². The summed E-state index contributed by atoms with van der Waals surface area (Å²) < 4.78 is 6.66. The number of benzene rings is 1. The lowest BCUT2D eigenvalue weighted by atomic mass is 9.89. The van der Waals surface area contributed by atoms with Crippen LogP contribution in [0.25, 0.3) is 10.2 Å². The fourth-order valence-corrected chi connectivity index (χ4v) is 4.98. The van der Waals surface area contributed by atoms with Crippen LogP contribution in [-0.4, -0.2) is 22.1 Å². The average molecular weight is 382 g/mol. The molecule has 0 N–H and O–H groups in total. The molecule has 2 aromatic heterocycles. The molecule has 1 aliphatic rings. The van der Waals surface area contributed by atoms with Crippen LogP contribution in [-0.2, 0) is 24.1 Å². The summed E-state index contributed by atoms with van der Waals surface area (Å²) >= 11 is 1.67. The van der Waals surface area contributed by atoms with Gasteiger partial charge in [0.05, 0.1) is 30.4 Å². The van der Waals surface area contributed by atoms with Gasteiger partial charge < -0.3 is 4.74 Å². The third-order valence-electron chi connectivity index (χ3n) is 5.10. The van der Waals surface area contributed by atoms with Gasteiger partial charge in [-0.25, -0.2) is 9.78 Å². The minimum absolute atomic E-state index is 0.0292. The predicted octanol–water partition coefficient (Wildman–Crippen LogP) is 3.81. The molecule has 0 saturated carbocycles. The average Bonchev–Trinajstić information content (AvgIpc) is 3.03. The van der Waals surface area contributed by atoms with Crippen molar-refractivity contribution in [2.45, 2.75) is 39.7 Å². The van der Waals surface area contributed by atoms with Crippen molar-refractivity contribution in [3.63, 3.8) is 0 Å². The third kappa shape index (κ3) is 3.41. The minimum atomic E-state index is -0.330. The Morgan fingerprint density at radius 3 is 2.85 bits per heavy atom. The van der Waals surface area contributed by atoms with Crippen LogP contribution in [0.1, 0.15) is 46.6 Å². The molecule has 2 heterocycles. The number of aryl methyl sites for hydroxylation is 1. The fourth-order valence-electron chi connectivity index (χ4n) is 3.64. The quantitative estimate of drug-likeness (QED) is 0.644. The van der Waals surface area contributed by atoms with Crippen LogP contribution in [0.3, 0.4) is 0 Å². The van der Waals surface area contributed by atoms with E-state index in [-0.39, 0.29) is 11.5 Å². The summed E-state index contributed by atoms with van der Waals surface area (Å²) in [6.45, 7) is 4.84. The maximum atomic E-state index is 13.1. The van der Waals surface area contributed by atoms with E-state index in [0.29, 0.717) is 24.6 Å². The summed E-state index contributed by atoms with van der Waals surface area (Å²) in [6.07, 6.45) is 4.77. The van der Waals surface area contributed by atoms with Crippen LogP contribution >= 0.6 is 11.3 Å². The lowest BCUT2D eigenvalue weighted by Gasteiger charge is -2.17. The number of aromatic nitrogens is 2. The lowest BCUT2D eigenvalue weighted by Crippen LogP contribution is -2.22. The highest BCUT2D eigenvalue weighted by atomic mass is 32.1. The van der Waals surface area contributed by atoms with E-state index in [1.807, 2.05) is 12.1 Å². The molecule has 0 amide bonds. The van der Waals surface area contributed by atoms with Crippen LogP contribution in [0.5, 0.6) is 0 Å². The summed E-state index contributed by atoms with van der Waals surface area (Å²) in [5.41, 5.74) is 2.70. The Labute approximate surface area is 161 Å². The maximum absolute atomic E-state index is 13.1. The molecule has 0 spiro atoms. The van der Waals surface area contributed by atoms with E-state index in [2.05, 4.69) is 11.9 Å². The van der Waals surface area contributed by atoms with Gasteiger partial charge in [0, 0.05) is 4.88 Å². The van der Waals surface area contributed by atoms with E-state index < -0.39 is 0 Å². The smallest absolute Gasteiger partial charge is 0.338 e. The van der Waals surface area contributed by atoms with Gasteiger partial charge in [0.15, 0.2) is 0 Å². The number of nitrogens with zero attached hydrogens (tertiary/aromatic N) is 2. The van der Waals surface area contributed by atoms with Crippen LogP contribution < -0.4 is 5.56 Å². The molecule has 0 aliphatic heterocycles. The van der Waals surface area contributed by atoms with Crippen LogP contribution in [0.4, 0.5) is 0 Å². The molecule has 3 aromatic rings. The number of fused-ring (bicyclic) bond motifs is 3. The standard InChI is InChI=1S/C21H22N2O3S/c1-3-26-21(25)15-7-5-14(6-8-15)11-23-12-22-19-18(20(23)24)16-9-4-13(2)10-17(16)27-19/h5-8,12-13H,3-4,9-11H2,1-2H3/t13-/m0/s1. The first-order chi connectivity index (χ1) is 13.1. The monoisotopic (exact) mass is 382 g/mol. The first-order valence-corrected chi connectivity index (χ1v) is 10.1. The van der Waals surface area contributed by atoms with Gasteiger partial charge in [0.2, 0.25) is 0 Å². The number of carbonyl (C=O) groups excluding carboxylic acids is 1. The third-order valence-corrected chi connectivity index (χ3v) is 6.26. The molecule has 1 aliphatic carbocycles. The summed E-state index contributed by atoms with van der Waals surface area (Å²) in [6, 6.07) is 7.18. The van der Waals surface area contributed by atoms with Crippen molar-refractivity contribution in [3.05, 3.63) is 62.5 Å². The molecular weight excluding hydrogens is 360 g/mol. The van der Waals surface area contributed by atoms with Crippen molar-refractivity contribution < 1.29 is 9.53 Å². The van der Waals surface area contributed by atoms with Gasteiger partial charge in [-0.2, -0.15) is 0 Å². The van der Waals surface area contributed by atoms with Crippen molar-refractivity contribution >= 4 is 27.5 Å². The number of ether oxygens (including phenoxy) is 1. The van der Waals surface area contributed by atoms with E-state index in [4.69, 9.17) is 4.74 Å². The van der Waals surface area contributed by atoms with Gasteiger partial charge in [-0.3, -0.25) is 9.36 Å². The van der Waals surface area contributed by atoms with Crippen LogP contribution in [0.2, 0.25) is 0 Å². The number of hydrogen-bond acceptors (Lipinski definition) is 5. The highest BCUT2D eigenvalue weighted by Gasteiger charge is 2.23. The Morgan fingerprint density at radius 1 is 1.33 bits per heavy atom. The Morgan fingerprint density at radius 2 is 2.11 bits per heavy atom. The Bertz CT molecular complexity index is 1050. The highest BCUT2D eigenvalue weighted by molar-refractivity contribution is 7.18. The second kappa shape index (κ2) is 7.27. The zero-order valence-electron chi connectivity index (χ0n) is 15.5. The first-order valence-electron chi connectivity index (χ1n) is 9.32. The van der Waals surface area contributed by atoms with E-state index >= 15 is 0 Å². The molecule has 1 aromatic carbocycles. The number of carbonyl (C=O) groups is 1. The summed E-state index contributed by atoms with van der Waals surface area (Å²) in [5.74, 6) is 0.342. The van der Waals surface area contributed by atoms with E-state index in [1.54, 1.807) is 41.3 Å². The lowest BCUT2D eigenvalue weighted by molar-refractivity contribution is 0.0526. The van der Waals surface area contributed by atoms with Crippen molar-refractivity contribution in [2.75, 3.05) is 6.61 Å². The summed E-state index contributed by atoms with van der Waals surface area (Å²) in [7, 11) is 0. The van der Waals surface area contributed by atoms with Crippen LogP contribution in [0.15, 0.2) is 35.4 Å². The Balaban J connectivity index is 1.64. The van der Waals surface area contributed by atoms with Crippen molar-refractivity contribution in [1.82, 2.24) is 9.55 Å². The van der Waals surface area contributed by atoms with E-state index in [9.17, 15) is 9.59 Å². The summed E-state index contributed by atoms with van der Waals surface area (Å²) in [4.78, 5) is 31.5. The second-order valence-electron chi connectivity index (χ2n) is 7.13. The van der Waals surface area contributed by atoms with Gasteiger partial charge in [0.1, 0.15) is 4.83 Å². The first kappa shape index (κ1) is 17.9. The molecule has 0 unspecified atom stereocenters. The molecule has 1 atom stereocenters. The molecule has 0 bridgehead atoms. The van der Waals surface area contributed by atoms with Gasteiger partial charge >= 0.3 is 5.97 Å². The largest absolute Gasteiger partial charge is 0.462 e. The molecule has 0 saturated heterocycles. The number of esters is 1. The van der Waals surface area contributed by atoms with Crippen LogP contribution in [0, 0.1) is 5.92 Å². The van der Waals surface area contributed by atoms with Gasteiger partial charge in [-0.05, 0) is 55.4 Å². The summed E-state index contributed by atoms with van der Waals surface area (Å²) in [5, 5.41) is 0.799. The highest BCUT2D eigenvalue weighted by Crippen LogP contribution is 2.35. The van der Waals surface area contributed by atoms with Crippen molar-refractivity contribution in [3.8, 4) is 0 Å². The normalized spacial score (nSPS) is 16.3. The van der Waals surface area contributed by atoms with Gasteiger partial charge in [-0.15, -0.1) is 11.3 Å². The number of thiophene rings is 1. The maximum Gasteiger partial charge on any atom is 0.338 e. The number of rotatable bonds is 4. The molecule has 4 rings (SSSR count). The van der Waals surface area contributed by atoms with Crippen molar-refractivity contribution in [1.29, 1.82) is 0 Å². The van der Waals surface area contributed by atoms with Gasteiger partial charge in [-0.1, -0.05) is 19.1 Å². The number of hydrogen-bond donors (Lipinski definition) is 0. The second-order valence-corrected chi connectivity index (χ2v) is 8.21. The Kier molecular flexibility index (Phi) is 4.83. The molecular formula is C21H22N2O3S. The predicted molar refractivity (Wildman–Crippen MR) is 107 cm³/mol. The molecule has 5 nitrogen and oxygen atoms in total. The SMILES string of the molecule is CCOC(=O)c1ccc(Cn2cnc3sc4c(c3c2=O)CC[C@H](C)C4)cc1. The molecule has 6 heteroatoms. The van der Waals surface area contributed by atoms with Gasteiger partial charge in [0.25, 0.3) is 5.56 Å². The fraction of sp³-hybridized carbons (Fsp3) is 0.381. The molecule has 0 radical (unpaired) electrons. The molecule has 27 heavy (non-hydrogen) atoms. The zero-order valence-corrected chi connectivity index (χ0v) is 16.3. The van der Waals surface area contributed by atoms with Crippen molar-refractivity contribution in [2.24, 2.45) is 5.92 Å². The zero-order chi connectivity index (χ0) is 19.0. The van der Waals surface area contributed by atoms with E-state index in [0.717, 1.165) is 35.0 Å².